The molecule has 0 radical (unpaired) electrons. The highest BCUT2D eigenvalue weighted by molar-refractivity contribution is 5.04. The summed E-state index contributed by atoms with van der Waals surface area (Å²) in [6, 6.07) is 1.86. The maximum absolute atomic E-state index is 9.82. The van der Waals surface area contributed by atoms with E-state index in [4.69, 9.17) is 0 Å². The number of hydrogen-bond acceptors (Lipinski definition) is 3. The predicted molar refractivity (Wildman–Crippen MR) is 56.0 cm³/mol. The van der Waals surface area contributed by atoms with E-state index >= 15 is 0 Å². The van der Waals surface area contributed by atoms with E-state index in [1.54, 1.807) is 6.20 Å². The molecule has 1 aromatic rings. The van der Waals surface area contributed by atoms with Crippen LogP contribution in [0.4, 0.5) is 0 Å². The van der Waals surface area contributed by atoms with Crippen molar-refractivity contribution in [1.29, 1.82) is 0 Å². The summed E-state index contributed by atoms with van der Waals surface area (Å²) in [6.07, 6.45) is 2.35. The molecule has 0 aliphatic rings. The Kier molecular flexibility index (Phi) is 4.62. The van der Waals surface area contributed by atoms with Crippen LogP contribution in [0.15, 0.2) is 12.3 Å². The van der Waals surface area contributed by atoms with Crippen molar-refractivity contribution < 1.29 is 5.11 Å². The second-order valence-electron chi connectivity index (χ2n) is 3.29. The molecule has 80 valence electrons. The van der Waals surface area contributed by atoms with E-state index in [1.807, 2.05) is 17.7 Å². The number of rotatable bonds is 6. The van der Waals surface area contributed by atoms with Gasteiger partial charge in [0.25, 0.3) is 0 Å². The van der Waals surface area contributed by atoms with Gasteiger partial charge < -0.3 is 10.4 Å². The molecule has 0 saturated carbocycles. The average Bonchev–Trinajstić information content (AvgIpc) is 2.65. The van der Waals surface area contributed by atoms with Gasteiger partial charge in [0.15, 0.2) is 0 Å². The number of aromatic nitrogens is 2. The van der Waals surface area contributed by atoms with Crippen molar-refractivity contribution in [1.82, 2.24) is 15.1 Å². The highest BCUT2D eigenvalue weighted by Crippen LogP contribution is 2.10. The van der Waals surface area contributed by atoms with Crippen LogP contribution in [0.5, 0.6) is 0 Å². The summed E-state index contributed by atoms with van der Waals surface area (Å²) in [7, 11) is 0. The Bertz CT molecular complexity index is 260. The highest BCUT2D eigenvalue weighted by Gasteiger charge is 2.11. The molecule has 0 aromatic carbocycles. The van der Waals surface area contributed by atoms with Crippen molar-refractivity contribution in [3.05, 3.63) is 18.0 Å². The third-order valence-corrected chi connectivity index (χ3v) is 2.15. The van der Waals surface area contributed by atoms with Gasteiger partial charge in [0.1, 0.15) is 6.10 Å². The van der Waals surface area contributed by atoms with E-state index in [-0.39, 0.29) is 0 Å². The molecular formula is C10H19N3O. The molecule has 0 amide bonds. The standard InChI is InChI=1S/C10H19N3O/c1-3-6-11-8-10(14)9-5-7-12-13(9)4-2/h5,7,10-11,14H,3-4,6,8H2,1-2H3. The number of hydrogen-bond donors (Lipinski definition) is 2. The second-order valence-corrected chi connectivity index (χ2v) is 3.29. The van der Waals surface area contributed by atoms with Crippen molar-refractivity contribution in [3.63, 3.8) is 0 Å². The number of aliphatic hydroxyl groups is 1. The number of nitrogens with one attached hydrogen (secondary N) is 1. The minimum Gasteiger partial charge on any atom is -0.385 e. The van der Waals surface area contributed by atoms with Gasteiger partial charge in [-0.05, 0) is 26.0 Å². The highest BCUT2D eigenvalue weighted by atomic mass is 16.3. The van der Waals surface area contributed by atoms with Crippen LogP contribution in [0.1, 0.15) is 32.1 Å². The van der Waals surface area contributed by atoms with Crippen molar-refractivity contribution in [2.45, 2.75) is 32.9 Å². The van der Waals surface area contributed by atoms with Crippen molar-refractivity contribution >= 4 is 0 Å². The molecule has 1 atom stereocenters. The molecule has 4 nitrogen and oxygen atoms in total. The van der Waals surface area contributed by atoms with Gasteiger partial charge in [0.2, 0.25) is 0 Å². The smallest absolute Gasteiger partial charge is 0.108 e. The first-order valence-corrected chi connectivity index (χ1v) is 5.20. The normalized spacial score (nSPS) is 13.1. The van der Waals surface area contributed by atoms with Crippen LogP contribution in [0, 0.1) is 0 Å². The lowest BCUT2D eigenvalue weighted by Gasteiger charge is -2.12. The molecule has 14 heavy (non-hydrogen) atoms. The fourth-order valence-electron chi connectivity index (χ4n) is 1.41. The quantitative estimate of drug-likeness (QED) is 0.667. The molecule has 1 heterocycles. The SMILES string of the molecule is CCCNCC(O)c1ccnn1CC. The molecular weight excluding hydrogens is 178 g/mol. The van der Waals surface area contributed by atoms with Gasteiger partial charge in [-0.3, -0.25) is 4.68 Å². The van der Waals surface area contributed by atoms with E-state index in [0.29, 0.717) is 6.54 Å². The maximum atomic E-state index is 9.82. The zero-order valence-electron chi connectivity index (χ0n) is 8.90. The molecule has 1 aromatic heterocycles. The molecule has 0 spiro atoms. The molecule has 1 rings (SSSR count). The van der Waals surface area contributed by atoms with Crippen LogP contribution in [0.3, 0.4) is 0 Å². The predicted octanol–water partition coefficient (Wildman–Crippen LogP) is 0.936. The van der Waals surface area contributed by atoms with Crippen LogP contribution >= 0.6 is 0 Å². The first kappa shape index (κ1) is 11.2. The lowest BCUT2D eigenvalue weighted by atomic mass is 10.2. The molecule has 0 aliphatic heterocycles. The molecule has 0 fully saturated rings. The summed E-state index contributed by atoms with van der Waals surface area (Å²) < 4.78 is 1.82. The largest absolute Gasteiger partial charge is 0.385 e. The Morgan fingerprint density at radius 1 is 1.57 bits per heavy atom. The minimum atomic E-state index is -0.455. The monoisotopic (exact) mass is 197 g/mol. The van der Waals surface area contributed by atoms with Crippen LogP contribution < -0.4 is 5.32 Å². The van der Waals surface area contributed by atoms with Crippen LogP contribution in [0.2, 0.25) is 0 Å². The fourth-order valence-corrected chi connectivity index (χ4v) is 1.41. The molecule has 2 N–H and O–H groups in total. The molecule has 1 unspecified atom stereocenters. The Hall–Kier alpha value is -0.870. The first-order valence-electron chi connectivity index (χ1n) is 5.20. The summed E-state index contributed by atoms with van der Waals surface area (Å²) >= 11 is 0. The minimum absolute atomic E-state index is 0.455. The molecule has 0 bridgehead atoms. The topological polar surface area (TPSA) is 50.1 Å². The average molecular weight is 197 g/mol. The zero-order chi connectivity index (χ0) is 10.4. The Morgan fingerprint density at radius 2 is 2.36 bits per heavy atom. The van der Waals surface area contributed by atoms with Gasteiger partial charge in [0.05, 0.1) is 5.69 Å². The van der Waals surface area contributed by atoms with E-state index in [1.165, 1.54) is 0 Å². The Balaban J connectivity index is 2.47. The Morgan fingerprint density at radius 3 is 3.00 bits per heavy atom. The van der Waals surface area contributed by atoms with Gasteiger partial charge >= 0.3 is 0 Å². The van der Waals surface area contributed by atoms with Crippen LogP contribution in [-0.4, -0.2) is 28.0 Å². The molecule has 4 heteroatoms. The van der Waals surface area contributed by atoms with Crippen molar-refractivity contribution in [2.75, 3.05) is 13.1 Å². The second kappa shape index (κ2) is 5.78. The van der Waals surface area contributed by atoms with E-state index < -0.39 is 6.10 Å². The summed E-state index contributed by atoms with van der Waals surface area (Å²) in [6.45, 7) is 6.46. The van der Waals surface area contributed by atoms with Gasteiger partial charge in [-0.15, -0.1) is 0 Å². The summed E-state index contributed by atoms with van der Waals surface area (Å²) in [5.41, 5.74) is 0.885. The van der Waals surface area contributed by atoms with Gasteiger partial charge in [-0.25, -0.2) is 0 Å². The summed E-state index contributed by atoms with van der Waals surface area (Å²) in [4.78, 5) is 0. The van der Waals surface area contributed by atoms with Crippen LogP contribution in [0.25, 0.3) is 0 Å². The summed E-state index contributed by atoms with van der Waals surface area (Å²) in [5.74, 6) is 0. The van der Waals surface area contributed by atoms with Gasteiger partial charge in [-0.2, -0.15) is 5.10 Å². The van der Waals surface area contributed by atoms with Crippen molar-refractivity contribution in [3.8, 4) is 0 Å². The molecule has 0 saturated heterocycles. The van der Waals surface area contributed by atoms with Gasteiger partial charge in [-0.1, -0.05) is 6.92 Å². The zero-order valence-corrected chi connectivity index (χ0v) is 8.90. The van der Waals surface area contributed by atoms with Gasteiger partial charge in [0, 0.05) is 19.3 Å². The Labute approximate surface area is 84.9 Å². The lowest BCUT2D eigenvalue weighted by Crippen LogP contribution is -2.23. The maximum Gasteiger partial charge on any atom is 0.108 e. The van der Waals surface area contributed by atoms with Crippen LogP contribution in [-0.2, 0) is 6.54 Å². The summed E-state index contributed by atoms with van der Waals surface area (Å²) in [5, 5.41) is 17.1. The third-order valence-electron chi connectivity index (χ3n) is 2.15. The molecule has 0 aliphatic carbocycles. The van der Waals surface area contributed by atoms with E-state index in [0.717, 1.165) is 25.2 Å². The fraction of sp³-hybridized carbons (Fsp3) is 0.700. The van der Waals surface area contributed by atoms with Crippen molar-refractivity contribution in [2.24, 2.45) is 0 Å². The van der Waals surface area contributed by atoms with E-state index in [9.17, 15) is 5.11 Å². The third kappa shape index (κ3) is 2.82. The first-order chi connectivity index (χ1) is 6.79. The lowest BCUT2D eigenvalue weighted by molar-refractivity contribution is 0.164. The number of aryl methyl sites for hydroxylation is 1. The number of nitrogens with zero attached hydrogens (tertiary/aromatic N) is 2. The number of aliphatic hydroxyl groups excluding tert-OH is 1. The van der Waals surface area contributed by atoms with E-state index in [2.05, 4.69) is 17.3 Å².